The van der Waals surface area contributed by atoms with Crippen molar-refractivity contribution in [2.24, 2.45) is 0 Å². The van der Waals surface area contributed by atoms with E-state index in [9.17, 15) is 4.79 Å². The van der Waals surface area contributed by atoms with Crippen LogP contribution in [0.4, 0.5) is 0 Å². The highest BCUT2D eigenvalue weighted by molar-refractivity contribution is 6.33. The molecule has 3 rings (SSSR count). The molecular formula is C17H20ClN3O3. The SMILES string of the molecule is COCCC1CN(C(=O)c2cc(OC)ccc2Cl)Cc2ccnn21. The predicted octanol–water partition coefficient (Wildman–Crippen LogP) is 2.78. The van der Waals surface area contributed by atoms with Crippen LogP contribution in [0.3, 0.4) is 0 Å². The minimum atomic E-state index is -0.103. The van der Waals surface area contributed by atoms with E-state index in [4.69, 9.17) is 21.1 Å². The maximum absolute atomic E-state index is 13.0. The Labute approximate surface area is 145 Å². The molecular weight excluding hydrogens is 330 g/mol. The first-order valence-electron chi connectivity index (χ1n) is 7.78. The Morgan fingerprint density at radius 3 is 2.96 bits per heavy atom. The van der Waals surface area contributed by atoms with Gasteiger partial charge in [0.1, 0.15) is 5.75 Å². The lowest BCUT2D eigenvalue weighted by Crippen LogP contribution is -2.41. The highest BCUT2D eigenvalue weighted by Gasteiger charge is 2.29. The number of halogens is 1. The lowest BCUT2D eigenvalue weighted by Gasteiger charge is -2.34. The fraction of sp³-hybridized carbons (Fsp3) is 0.412. The number of hydrogen-bond donors (Lipinski definition) is 0. The Bertz CT molecular complexity index is 732. The van der Waals surface area contributed by atoms with Crippen LogP contribution in [0, 0.1) is 0 Å². The first-order valence-corrected chi connectivity index (χ1v) is 8.16. The van der Waals surface area contributed by atoms with E-state index in [1.54, 1.807) is 43.5 Å². The summed E-state index contributed by atoms with van der Waals surface area (Å²) in [7, 11) is 3.24. The second kappa shape index (κ2) is 7.23. The first-order chi connectivity index (χ1) is 11.6. The van der Waals surface area contributed by atoms with Crippen molar-refractivity contribution >= 4 is 17.5 Å². The van der Waals surface area contributed by atoms with Crippen molar-refractivity contribution in [3.63, 3.8) is 0 Å². The van der Waals surface area contributed by atoms with E-state index in [2.05, 4.69) is 5.10 Å². The Kier molecular flexibility index (Phi) is 5.06. The van der Waals surface area contributed by atoms with Crippen molar-refractivity contribution in [2.45, 2.75) is 19.0 Å². The molecule has 7 heteroatoms. The van der Waals surface area contributed by atoms with Crippen LogP contribution in [-0.2, 0) is 11.3 Å². The molecule has 0 saturated carbocycles. The maximum atomic E-state index is 13.0. The maximum Gasteiger partial charge on any atom is 0.255 e. The van der Waals surface area contributed by atoms with Gasteiger partial charge in [0.15, 0.2) is 0 Å². The monoisotopic (exact) mass is 349 g/mol. The molecule has 0 N–H and O–H groups in total. The minimum Gasteiger partial charge on any atom is -0.497 e. The molecule has 1 aliphatic rings. The molecule has 1 amide bonds. The molecule has 1 aliphatic heterocycles. The van der Waals surface area contributed by atoms with Gasteiger partial charge in [-0.05, 0) is 30.7 Å². The number of amides is 1. The molecule has 0 bridgehead atoms. The zero-order valence-electron chi connectivity index (χ0n) is 13.7. The van der Waals surface area contributed by atoms with Gasteiger partial charge in [-0.3, -0.25) is 9.48 Å². The van der Waals surface area contributed by atoms with Gasteiger partial charge in [-0.15, -0.1) is 0 Å². The molecule has 0 radical (unpaired) electrons. The number of nitrogens with zero attached hydrogens (tertiary/aromatic N) is 3. The normalized spacial score (nSPS) is 16.8. The van der Waals surface area contributed by atoms with Crippen molar-refractivity contribution in [1.29, 1.82) is 0 Å². The van der Waals surface area contributed by atoms with Gasteiger partial charge in [0.05, 0.1) is 36.0 Å². The number of benzene rings is 1. The van der Waals surface area contributed by atoms with Crippen LogP contribution < -0.4 is 4.74 Å². The summed E-state index contributed by atoms with van der Waals surface area (Å²) in [5, 5.41) is 4.80. The third kappa shape index (κ3) is 3.25. The second-order valence-corrected chi connectivity index (χ2v) is 6.14. The Morgan fingerprint density at radius 1 is 1.38 bits per heavy atom. The van der Waals surface area contributed by atoms with Gasteiger partial charge in [-0.2, -0.15) is 5.10 Å². The van der Waals surface area contributed by atoms with Crippen molar-refractivity contribution in [3.05, 3.63) is 46.7 Å². The molecule has 0 saturated heterocycles. The molecule has 128 valence electrons. The van der Waals surface area contributed by atoms with E-state index >= 15 is 0 Å². The molecule has 1 unspecified atom stereocenters. The summed E-state index contributed by atoms with van der Waals surface area (Å²) in [6.07, 6.45) is 2.56. The van der Waals surface area contributed by atoms with Crippen LogP contribution in [0.2, 0.25) is 5.02 Å². The summed E-state index contributed by atoms with van der Waals surface area (Å²) in [5.41, 5.74) is 1.46. The number of methoxy groups -OCH3 is 2. The molecule has 2 heterocycles. The number of ether oxygens (including phenoxy) is 2. The average molecular weight is 350 g/mol. The molecule has 0 aliphatic carbocycles. The first kappa shape index (κ1) is 16.8. The van der Waals surface area contributed by atoms with E-state index in [1.807, 2.05) is 10.7 Å². The van der Waals surface area contributed by atoms with Crippen LogP contribution in [0.5, 0.6) is 5.75 Å². The van der Waals surface area contributed by atoms with Gasteiger partial charge in [0.25, 0.3) is 5.91 Å². The van der Waals surface area contributed by atoms with Crippen LogP contribution >= 0.6 is 11.6 Å². The third-order valence-corrected chi connectivity index (χ3v) is 4.56. The molecule has 0 spiro atoms. The number of carbonyl (C=O) groups is 1. The van der Waals surface area contributed by atoms with Crippen molar-refractivity contribution in [1.82, 2.24) is 14.7 Å². The Hall–Kier alpha value is -2.05. The minimum absolute atomic E-state index is 0.0945. The van der Waals surface area contributed by atoms with Gasteiger partial charge in [0, 0.05) is 26.5 Å². The summed E-state index contributed by atoms with van der Waals surface area (Å²) in [4.78, 5) is 14.8. The second-order valence-electron chi connectivity index (χ2n) is 5.73. The summed E-state index contributed by atoms with van der Waals surface area (Å²) < 4.78 is 12.4. The standard InChI is InChI=1S/C17H20ClN3O3/c1-23-8-6-13-11-20(10-12-5-7-19-21(12)13)17(22)15-9-14(24-2)3-4-16(15)18/h3-5,7,9,13H,6,8,10-11H2,1-2H3. The topological polar surface area (TPSA) is 56.6 Å². The molecule has 24 heavy (non-hydrogen) atoms. The van der Waals surface area contributed by atoms with Gasteiger partial charge < -0.3 is 14.4 Å². The van der Waals surface area contributed by atoms with Crippen molar-refractivity contribution in [2.75, 3.05) is 27.4 Å². The predicted molar refractivity (Wildman–Crippen MR) is 90.5 cm³/mol. The Morgan fingerprint density at radius 2 is 2.21 bits per heavy atom. The van der Waals surface area contributed by atoms with Crippen LogP contribution in [0.15, 0.2) is 30.5 Å². The lowest BCUT2D eigenvalue weighted by molar-refractivity contribution is 0.0641. The summed E-state index contributed by atoms with van der Waals surface area (Å²) >= 11 is 6.23. The molecule has 1 aromatic heterocycles. The number of aromatic nitrogens is 2. The largest absolute Gasteiger partial charge is 0.497 e. The van der Waals surface area contributed by atoms with E-state index in [0.717, 1.165) is 12.1 Å². The van der Waals surface area contributed by atoms with Crippen molar-refractivity contribution < 1.29 is 14.3 Å². The molecule has 2 aromatic rings. The number of carbonyl (C=O) groups excluding carboxylic acids is 1. The smallest absolute Gasteiger partial charge is 0.255 e. The quantitative estimate of drug-likeness (QED) is 0.833. The zero-order valence-corrected chi connectivity index (χ0v) is 14.5. The highest BCUT2D eigenvalue weighted by Crippen LogP contribution is 2.28. The number of rotatable bonds is 5. The van der Waals surface area contributed by atoms with Gasteiger partial charge in [-0.1, -0.05) is 11.6 Å². The van der Waals surface area contributed by atoms with E-state index < -0.39 is 0 Å². The fourth-order valence-corrected chi connectivity index (χ4v) is 3.17. The van der Waals surface area contributed by atoms with Gasteiger partial charge in [0.2, 0.25) is 0 Å². The van der Waals surface area contributed by atoms with Crippen LogP contribution in [-0.4, -0.2) is 48.0 Å². The van der Waals surface area contributed by atoms with E-state index in [1.165, 1.54) is 0 Å². The average Bonchev–Trinajstić information content (AvgIpc) is 3.08. The summed E-state index contributed by atoms with van der Waals surface area (Å²) in [6.45, 7) is 1.70. The fourth-order valence-electron chi connectivity index (χ4n) is 2.98. The van der Waals surface area contributed by atoms with E-state index in [0.29, 0.717) is 36.0 Å². The van der Waals surface area contributed by atoms with Crippen LogP contribution in [0.1, 0.15) is 28.5 Å². The zero-order chi connectivity index (χ0) is 17.1. The molecule has 0 fully saturated rings. The molecule has 1 atom stereocenters. The van der Waals surface area contributed by atoms with Crippen LogP contribution in [0.25, 0.3) is 0 Å². The highest BCUT2D eigenvalue weighted by atomic mass is 35.5. The third-order valence-electron chi connectivity index (χ3n) is 4.23. The summed E-state index contributed by atoms with van der Waals surface area (Å²) in [6, 6.07) is 7.14. The Balaban J connectivity index is 1.86. The number of fused-ring (bicyclic) bond motifs is 1. The lowest BCUT2D eigenvalue weighted by atomic mass is 10.1. The van der Waals surface area contributed by atoms with Crippen molar-refractivity contribution in [3.8, 4) is 5.75 Å². The molecule has 1 aromatic carbocycles. The molecule has 6 nitrogen and oxygen atoms in total. The number of hydrogen-bond acceptors (Lipinski definition) is 4. The summed E-state index contributed by atoms with van der Waals surface area (Å²) in [5.74, 6) is 0.509. The van der Waals surface area contributed by atoms with Gasteiger partial charge >= 0.3 is 0 Å². The van der Waals surface area contributed by atoms with Gasteiger partial charge in [-0.25, -0.2) is 0 Å². The van der Waals surface area contributed by atoms with E-state index in [-0.39, 0.29) is 11.9 Å².